The first-order valence-electron chi connectivity index (χ1n) is 10.8. The number of nitrogens with zero attached hydrogens (tertiary/aromatic N) is 1. The van der Waals surface area contributed by atoms with Crippen LogP contribution >= 0.6 is 0 Å². The minimum Gasteiger partial charge on any atom is -0.489 e. The molecule has 3 aromatic carbocycles. The smallest absolute Gasteiger partial charge is 0.255 e. The molecular formula is C26H27N3O3. The molecule has 0 aliphatic carbocycles. The molecule has 0 unspecified atom stereocenters. The Morgan fingerprint density at radius 1 is 0.906 bits per heavy atom. The van der Waals surface area contributed by atoms with E-state index in [1.807, 2.05) is 54.6 Å². The van der Waals surface area contributed by atoms with Crippen molar-refractivity contribution in [3.05, 3.63) is 90.0 Å². The second-order valence-corrected chi connectivity index (χ2v) is 7.96. The first kappa shape index (κ1) is 21.4. The Hall–Kier alpha value is -3.80. The van der Waals surface area contributed by atoms with Crippen LogP contribution in [0.25, 0.3) is 0 Å². The number of anilines is 2. The maximum Gasteiger partial charge on any atom is 0.255 e. The molecule has 1 aliphatic heterocycles. The summed E-state index contributed by atoms with van der Waals surface area (Å²) in [6.45, 7) is 2.09. The van der Waals surface area contributed by atoms with Crippen molar-refractivity contribution in [2.75, 3.05) is 23.3 Å². The number of hydrogen-bond acceptors (Lipinski definition) is 4. The average molecular weight is 430 g/mol. The number of rotatable bonds is 7. The van der Waals surface area contributed by atoms with E-state index in [1.165, 1.54) is 0 Å². The molecule has 0 aromatic heterocycles. The molecule has 0 bridgehead atoms. The van der Waals surface area contributed by atoms with Gasteiger partial charge in [-0.1, -0.05) is 30.3 Å². The predicted octanol–water partition coefficient (Wildman–Crippen LogP) is 4.22. The van der Waals surface area contributed by atoms with Crippen LogP contribution in [0.2, 0.25) is 0 Å². The highest BCUT2D eigenvalue weighted by Gasteiger charge is 2.23. The van der Waals surface area contributed by atoms with Gasteiger partial charge in [0.05, 0.1) is 0 Å². The number of benzene rings is 3. The first-order valence-corrected chi connectivity index (χ1v) is 10.8. The Balaban J connectivity index is 1.29. The number of ether oxygens (including phenoxy) is 1. The van der Waals surface area contributed by atoms with Gasteiger partial charge in [0.2, 0.25) is 5.91 Å². The van der Waals surface area contributed by atoms with E-state index in [0.717, 1.165) is 48.6 Å². The first-order chi connectivity index (χ1) is 15.6. The minimum absolute atomic E-state index is 0.0278. The molecule has 0 atom stereocenters. The Labute approximate surface area is 188 Å². The highest BCUT2D eigenvalue weighted by molar-refractivity contribution is 6.04. The van der Waals surface area contributed by atoms with E-state index in [1.54, 1.807) is 24.3 Å². The molecule has 2 amide bonds. The lowest BCUT2D eigenvalue weighted by Crippen LogP contribution is -2.38. The number of nitrogens with two attached hydrogens (primary N) is 1. The molecule has 1 heterocycles. The van der Waals surface area contributed by atoms with E-state index >= 15 is 0 Å². The van der Waals surface area contributed by atoms with Gasteiger partial charge < -0.3 is 20.7 Å². The van der Waals surface area contributed by atoms with Crippen molar-refractivity contribution in [2.24, 2.45) is 11.7 Å². The van der Waals surface area contributed by atoms with Crippen molar-refractivity contribution < 1.29 is 14.3 Å². The zero-order chi connectivity index (χ0) is 22.3. The van der Waals surface area contributed by atoms with Crippen LogP contribution in [0.1, 0.15) is 28.8 Å². The third-order valence-electron chi connectivity index (χ3n) is 5.75. The third-order valence-corrected chi connectivity index (χ3v) is 5.75. The van der Waals surface area contributed by atoms with Gasteiger partial charge in [0, 0.05) is 35.9 Å². The van der Waals surface area contributed by atoms with Gasteiger partial charge in [0.25, 0.3) is 5.91 Å². The molecule has 0 spiro atoms. The molecule has 1 aliphatic rings. The molecular weight excluding hydrogens is 402 g/mol. The summed E-state index contributed by atoms with van der Waals surface area (Å²) >= 11 is 0. The van der Waals surface area contributed by atoms with E-state index in [0.29, 0.717) is 12.2 Å². The molecule has 4 rings (SSSR count). The van der Waals surface area contributed by atoms with Crippen LogP contribution in [0, 0.1) is 5.92 Å². The molecule has 6 heteroatoms. The van der Waals surface area contributed by atoms with E-state index in [2.05, 4.69) is 10.2 Å². The Kier molecular flexibility index (Phi) is 6.70. The van der Waals surface area contributed by atoms with Gasteiger partial charge in [-0.15, -0.1) is 0 Å². The highest BCUT2D eigenvalue weighted by atomic mass is 16.5. The number of primary amides is 1. The van der Waals surface area contributed by atoms with Gasteiger partial charge in [-0.3, -0.25) is 9.59 Å². The lowest BCUT2D eigenvalue weighted by molar-refractivity contribution is -0.122. The van der Waals surface area contributed by atoms with Crippen molar-refractivity contribution in [2.45, 2.75) is 19.4 Å². The van der Waals surface area contributed by atoms with Gasteiger partial charge in [-0.2, -0.15) is 0 Å². The largest absolute Gasteiger partial charge is 0.489 e. The SMILES string of the molecule is NC(=O)C1CCN(c2ccc(NC(=O)c3ccc(OCc4ccccc4)cc3)cc2)CC1. The van der Waals surface area contributed by atoms with Gasteiger partial charge in [-0.25, -0.2) is 0 Å². The fourth-order valence-electron chi connectivity index (χ4n) is 3.82. The van der Waals surface area contributed by atoms with E-state index < -0.39 is 0 Å². The summed E-state index contributed by atoms with van der Waals surface area (Å²) < 4.78 is 5.77. The van der Waals surface area contributed by atoms with Crippen LogP contribution in [-0.2, 0) is 11.4 Å². The van der Waals surface area contributed by atoms with Gasteiger partial charge >= 0.3 is 0 Å². The third kappa shape index (κ3) is 5.46. The number of carbonyl (C=O) groups is 2. The standard InChI is InChI=1S/C26H27N3O3/c27-25(30)20-14-16-29(17-15-20)23-10-8-22(9-11-23)28-26(31)21-6-12-24(13-7-21)32-18-19-4-2-1-3-5-19/h1-13,20H,14-18H2,(H2,27,30)(H,28,31). The van der Waals surface area contributed by atoms with Crippen LogP contribution in [0.15, 0.2) is 78.9 Å². The normalized spacial score (nSPS) is 14.1. The molecule has 164 valence electrons. The van der Waals surface area contributed by atoms with Crippen LogP contribution in [0.4, 0.5) is 11.4 Å². The van der Waals surface area contributed by atoms with Crippen molar-refractivity contribution >= 4 is 23.2 Å². The zero-order valence-electron chi connectivity index (χ0n) is 17.9. The molecule has 1 fully saturated rings. The Bertz CT molecular complexity index is 1040. The maximum atomic E-state index is 12.6. The lowest BCUT2D eigenvalue weighted by Gasteiger charge is -2.32. The summed E-state index contributed by atoms with van der Waals surface area (Å²) in [6.07, 6.45) is 1.55. The fourth-order valence-corrected chi connectivity index (χ4v) is 3.82. The molecule has 3 N–H and O–H groups in total. The second kappa shape index (κ2) is 10.0. The Morgan fingerprint density at radius 2 is 1.56 bits per heavy atom. The number of piperidine rings is 1. The number of amides is 2. The average Bonchev–Trinajstić information content (AvgIpc) is 2.84. The predicted molar refractivity (Wildman–Crippen MR) is 126 cm³/mol. The van der Waals surface area contributed by atoms with Gasteiger partial charge in [0.1, 0.15) is 12.4 Å². The monoisotopic (exact) mass is 429 g/mol. The summed E-state index contributed by atoms with van der Waals surface area (Å²) in [5.41, 5.74) is 8.87. The number of carbonyl (C=O) groups excluding carboxylic acids is 2. The summed E-state index contributed by atoms with van der Waals surface area (Å²) in [6, 6.07) is 24.8. The van der Waals surface area contributed by atoms with Gasteiger partial charge in [0.15, 0.2) is 0 Å². The van der Waals surface area contributed by atoms with Gasteiger partial charge in [-0.05, 0) is 66.9 Å². The van der Waals surface area contributed by atoms with Crippen LogP contribution in [0.3, 0.4) is 0 Å². The zero-order valence-corrected chi connectivity index (χ0v) is 17.9. The second-order valence-electron chi connectivity index (χ2n) is 7.96. The minimum atomic E-state index is -0.210. The topological polar surface area (TPSA) is 84.7 Å². The summed E-state index contributed by atoms with van der Waals surface area (Å²) in [7, 11) is 0. The Morgan fingerprint density at radius 3 is 2.19 bits per heavy atom. The highest BCUT2D eigenvalue weighted by Crippen LogP contribution is 2.25. The number of nitrogens with one attached hydrogen (secondary N) is 1. The molecule has 1 saturated heterocycles. The van der Waals surface area contributed by atoms with Crippen LogP contribution in [-0.4, -0.2) is 24.9 Å². The summed E-state index contributed by atoms with van der Waals surface area (Å²) in [5.74, 6) is 0.308. The van der Waals surface area contributed by atoms with Crippen molar-refractivity contribution in [1.82, 2.24) is 0 Å². The van der Waals surface area contributed by atoms with E-state index in [4.69, 9.17) is 10.5 Å². The van der Waals surface area contributed by atoms with E-state index in [-0.39, 0.29) is 17.7 Å². The molecule has 3 aromatic rings. The van der Waals surface area contributed by atoms with Crippen molar-refractivity contribution in [3.8, 4) is 5.75 Å². The lowest BCUT2D eigenvalue weighted by atomic mass is 9.96. The molecule has 0 radical (unpaired) electrons. The summed E-state index contributed by atoms with van der Waals surface area (Å²) in [5, 5.41) is 2.93. The van der Waals surface area contributed by atoms with Crippen LogP contribution < -0.4 is 20.7 Å². The number of hydrogen-bond donors (Lipinski definition) is 2. The maximum absolute atomic E-state index is 12.6. The van der Waals surface area contributed by atoms with Crippen LogP contribution in [0.5, 0.6) is 5.75 Å². The van der Waals surface area contributed by atoms with E-state index in [9.17, 15) is 9.59 Å². The van der Waals surface area contributed by atoms with Crippen molar-refractivity contribution in [3.63, 3.8) is 0 Å². The molecule has 0 saturated carbocycles. The molecule has 6 nitrogen and oxygen atoms in total. The fraction of sp³-hybridized carbons (Fsp3) is 0.231. The molecule has 32 heavy (non-hydrogen) atoms. The summed E-state index contributed by atoms with van der Waals surface area (Å²) in [4.78, 5) is 26.1. The quantitative estimate of drug-likeness (QED) is 0.589. The van der Waals surface area contributed by atoms with Crippen molar-refractivity contribution in [1.29, 1.82) is 0 Å².